The van der Waals surface area contributed by atoms with Gasteiger partial charge in [0.25, 0.3) is 5.69 Å². The number of hydrogen-bond acceptors (Lipinski definition) is 5. The maximum Gasteiger partial charge on any atom is 0.271 e. The lowest BCUT2D eigenvalue weighted by Crippen LogP contribution is -2.45. The second kappa shape index (κ2) is 8.07. The van der Waals surface area contributed by atoms with Crippen LogP contribution in [0.5, 0.6) is 0 Å². The van der Waals surface area contributed by atoms with Crippen molar-refractivity contribution in [3.05, 3.63) is 33.3 Å². The molecule has 8 nitrogen and oxygen atoms in total. The molecule has 1 atom stereocenters. The SMILES string of the molecule is NC(=O)CC1CCCCN1CC(=O)Nc1ccc([N+](=O)[O-])cc1Cl. The average molecular weight is 355 g/mol. The third-order valence-corrected chi connectivity index (χ3v) is 4.28. The third kappa shape index (κ3) is 4.90. The van der Waals surface area contributed by atoms with Crippen LogP contribution in [0.2, 0.25) is 5.02 Å². The van der Waals surface area contributed by atoms with E-state index in [1.165, 1.54) is 18.2 Å². The Morgan fingerprint density at radius 1 is 1.42 bits per heavy atom. The molecule has 24 heavy (non-hydrogen) atoms. The average Bonchev–Trinajstić information content (AvgIpc) is 2.50. The maximum atomic E-state index is 12.2. The first-order valence-corrected chi connectivity index (χ1v) is 8.00. The Balaban J connectivity index is 1.99. The van der Waals surface area contributed by atoms with E-state index < -0.39 is 4.92 Å². The van der Waals surface area contributed by atoms with Gasteiger partial charge in [0.15, 0.2) is 0 Å². The molecule has 0 saturated carbocycles. The number of piperidine rings is 1. The molecule has 1 heterocycles. The predicted molar refractivity (Wildman–Crippen MR) is 89.8 cm³/mol. The van der Waals surface area contributed by atoms with Crippen molar-refractivity contribution in [2.75, 3.05) is 18.4 Å². The van der Waals surface area contributed by atoms with E-state index in [4.69, 9.17) is 17.3 Å². The highest BCUT2D eigenvalue weighted by Crippen LogP contribution is 2.27. The number of nitro groups is 1. The summed E-state index contributed by atoms with van der Waals surface area (Å²) in [4.78, 5) is 35.4. The second-order valence-corrected chi connectivity index (χ2v) is 6.17. The summed E-state index contributed by atoms with van der Waals surface area (Å²) < 4.78 is 0. The molecule has 2 amide bonds. The molecule has 1 aliphatic heterocycles. The lowest BCUT2D eigenvalue weighted by atomic mass is 9.99. The normalized spacial score (nSPS) is 18.1. The number of carbonyl (C=O) groups is 2. The molecule has 2 rings (SSSR count). The molecular formula is C15H19ClN4O4. The molecule has 1 saturated heterocycles. The molecule has 1 fully saturated rings. The number of non-ortho nitro benzene ring substituents is 1. The number of anilines is 1. The highest BCUT2D eigenvalue weighted by molar-refractivity contribution is 6.34. The van der Waals surface area contributed by atoms with Gasteiger partial charge in [-0.1, -0.05) is 18.0 Å². The summed E-state index contributed by atoms with van der Waals surface area (Å²) in [7, 11) is 0. The van der Waals surface area contributed by atoms with Crippen LogP contribution in [0.1, 0.15) is 25.7 Å². The van der Waals surface area contributed by atoms with Crippen molar-refractivity contribution in [2.45, 2.75) is 31.7 Å². The smallest absolute Gasteiger partial charge is 0.271 e. The Labute approximate surface area is 144 Å². The first-order valence-electron chi connectivity index (χ1n) is 7.63. The van der Waals surface area contributed by atoms with Gasteiger partial charge in [-0.3, -0.25) is 24.6 Å². The van der Waals surface area contributed by atoms with Crippen molar-refractivity contribution >= 4 is 34.8 Å². The first kappa shape index (κ1) is 18.2. The summed E-state index contributed by atoms with van der Waals surface area (Å²) in [6.45, 7) is 0.838. The fourth-order valence-electron chi connectivity index (χ4n) is 2.82. The molecule has 1 aliphatic rings. The number of nitrogens with two attached hydrogens (primary N) is 1. The van der Waals surface area contributed by atoms with Crippen LogP contribution >= 0.6 is 11.6 Å². The van der Waals surface area contributed by atoms with Crippen molar-refractivity contribution in [1.82, 2.24) is 4.90 Å². The lowest BCUT2D eigenvalue weighted by Gasteiger charge is -2.34. The van der Waals surface area contributed by atoms with Crippen LogP contribution in [-0.2, 0) is 9.59 Å². The van der Waals surface area contributed by atoms with Crippen LogP contribution in [0.25, 0.3) is 0 Å². The van der Waals surface area contributed by atoms with E-state index in [0.717, 1.165) is 25.8 Å². The van der Waals surface area contributed by atoms with Crippen LogP contribution in [0.3, 0.4) is 0 Å². The maximum absolute atomic E-state index is 12.2. The third-order valence-electron chi connectivity index (χ3n) is 3.97. The lowest BCUT2D eigenvalue weighted by molar-refractivity contribution is -0.384. The number of nitrogens with one attached hydrogen (secondary N) is 1. The highest BCUT2D eigenvalue weighted by Gasteiger charge is 2.25. The Kier molecular flexibility index (Phi) is 6.10. The van der Waals surface area contributed by atoms with Gasteiger partial charge in [-0.2, -0.15) is 0 Å². The fourth-order valence-corrected chi connectivity index (χ4v) is 3.05. The van der Waals surface area contributed by atoms with Gasteiger partial charge in [0.05, 0.1) is 22.2 Å². The minimum Gasteiger partial charge on any atom is -0.370 e. The van der Waals surface area contributed by atoms with Gasteiger partial charge in [0, 0.05) is 24.6 Å². The topological polar surface area (TPSA) is 119 Å². The number of nitro benzene ring substituents is 1. The zero-order valence-electron chi connectivity index (χ0n) is 13.0. The van der Waals surface area contributed by atoms with Crippen LogP contribution in [0.15, 0.2) is 18.2 Å². The molecule has 9 heteroatoms. The Morgan fingerprint density at radius 2 is 2.17 bits per heavy atom. The van der Waals surface area contributed by atoms with Crippen molar-refractivity contribution in [3.63, 3.8) is 0 Å². The summed E-state index contributed by atoms with van der Waals surface area (Å²) in [5.74, 6) is -0.673. The standard InChI is InChI=1S/C15H19ClN4O4/c16-12-7-11(20(23)24)4-5-13(12)18-15(22)9-19-6-2-1-3-10(19)8-14(17)21/h4-5,7,10H,1-3,6,8-9H2,(H2,17,21)(H,18,22). The number of likely N-dealkylation sites (tertiary alicyclic amines) is 1. The van der Waals surface area contributed by atoms with Gasteiger partial charge in [-0.15, -0.1) is 0 Å². The largest absolute Gasteiger partial charge is 0.370 e. The summed E-state index contributed by atoms with van der Waals surface area (Å²) in [6, 6.07) is 3.83. The van der Waals surface area contributed by atoms with Crippen LogP contribution in [0.4, 0.5) is 11.4 Å². The van der Waals surface area contributed by atoms with E-state index in [1.54, 1.807) is 0 Å². The van der Waals surface area contributed by atoms with Crippen molar-refractivity contribution in [3.8, 4) is 0 Å². The minimum atomic E-state index is -0.556. The Morgan fingerprint density at radius 3 is 2.79 bits per heavy atom. The molecule has 0 aliphatic carbocycles. The number of benzene rings is 1. The van der Waals surface area contributed by atoms with Crippen LogP contribution < -0.4 is 11.1 Å². The van der Waals surface area contributed by atoms with E-state index in [0.29, 0.717) is 5.69 Å². The molecule has 1 aromatic rings. The molecule has 0 bridgehead atoms. The Hall–Kier alpha value is -2.19. The van der Waals surface area contributed by atoms with Gasteiger partial charge in [-0.25, -0.2) is 0 Å². The van der Waals surface area contributed by atoms with Crippen molar-refractivity contribution < 1.29 is 14.5 Å². The van der Waals surface area contributed by atoms with Gasteiger partial charge in [0.1, 0.15) is 0 Å². The fraction of sp³-hybridized carbons (Fsp3) is 0.467. The molecule has 0 radical (unpaired) electrons. The van der Waals surface area contributed by atoms with E-state index in [2.05, 4.69) is 5.32 Å². The van der Waals surface area contributed by atoms with Crippen LogP contribution in [-0.4, -0.2) is 40.8 Å². The number of amides is 2. The number of hydrogen-bond donors (Lipinski definition) is 2. The zero-order chi connectivity index (χ0) is 17.7. The van der Waals surface area contributed by atoms with Gasteiger partial charge in [0.2, 0.25) is 11.8 Å². The van der Waals surface area contributed by atoms with Gasteiger partial charge < -0.3 is 11.1 Å². The number of carbonyl (C=O) groups excluding carboxylic acids is 2. The molecule has 1 unspecified atom stereocenters. The quantitative estimate of drug-likeness (QED) is 0.597. The number of primary amides is 1. The van der Waals surface area contributed by atoms with E-state index in [1.807, 2.05) is 4.90 Å². The van der Waals surface area contributed by atoms with E-state index in [-0.39, 0.29) is 41.5 Å². The Bertz CT molecular complexity index is 652. The monoisotopic (exact) mass is 354 g/mol. The second-order valence-electron chi connectivity index (χ2n) is 5.76. The van der Waals surface area contributed by atoms with E-state index in [9.17, 15) is 19.7 Å². The van der Waals surface area contributed by atoms with Crippen LogP contribution in [0, 0.1) is 10.1 Å². The van der Waals surface area contributed by atoms with Crippen molar-refractivity contribution in [1.29, 1.82) is 0 Å². The van der Waals surface area contributed by atoms with Gasteiger partial charge in [-0.05, 0) is 25.5 Å². The highest BCUT2D eigenvalue weighted by atomic mass is 35.5. The number of nitrogens with zero attached hydrogens (tertiary/aromatic N) is 2. The van der Waals surface area contributed by atoms with E-state index >= 15 is 0 Å². The molecular weight excluding hydrogens is 336 g/mol. The number of halogens is 1. The summed E-state index contributed by atoms with van der Waals surface area (Å²) >= 11 is 5.96. The molecule has 0 spiro atoms. The predicted octanol–water partition coefficient (Wildman–Crippen LogP) is 1.92. The molecule has 3 N–H and O–H groups in total. The zero-order valence-corrected chi connectivity index (χ0v) is 13.8. The minimum absolute atomic E-state index is 0.0330. The summed E-state index contributed by atoms with van der Waals surface area (Å²) in [6.07, 6.45) is 3.02. The molecule has 130 valence electrons. The number of rotatable bonds is 6. The molecule has 0 aromatic heterocycles. The van der Waals surface area contributed by atoms with Crippen molar-refractivity contribution in [2.24, 2.45) is 5.73 Å². The van der Waals surface area contributed by atoms with Gasteiger partial charge >= 0.3 is 0 Å². The molecule has 1 aromatic carbocycles. The summed E-state index contributed by atoms with van der Waals surface area (Å²) in [5, 5.41) is 13.4. The first-order chi connectivity index (χ1) is 11.4. The summed E-state index contributed by atoms with van der Waals surface area (Å²) in [5.41, 5.74) is 5.43.